The molecule has 0 bridgehead atoms. The molecule has 10 nitrogen and oxygen atoms in total. The van der Waals surface area contributed by atoms with Gasteiger partial charge in [0.05, 0.1) is 39.0 Å². The number of fused-ring (bicyclic) bond motifs is 1. The third-order valence-corrected chi connectivity index (χ3v) is 7.18. The quantitative estimate of drug-likeness (QED) is 0.198. The van der Waals surface area contributed by atoms with E-state index in [0.29, 0.717) is 74.7 Å². The molecule has 0 aliphatic carbocycles. The van der Waals surface area contributed by atoms with Gasteiger partial charge < -0.3 is 38.6 Å². The Labute approximate surface area is 233 Å². The molecule has 0 saturated carbocycles. The summed E-state index contributed by atoms with van der Waals surface area (Å²) in [5.74, 6) is -0.0867. The van der Waals surface area contributed by atoms with Gasteiger partial charge in [0.1, 0.15) is 32.9 Å². The Morgan fingerprint density at radius 3 is 2.58 bits per heavy atom. The summed E-state index contributed by atoms with van der Waals surface area (Å²) in [6.45, 7) is 10.9. The van der Waals surface area contributed by atoms with E-state index in [1.807, 2.05) is 6.92 Å². The Hall–Kier alpha value is -4.02. The highest BCUT2D eigenvalue weighted by atomic mass is 16.6. The molecule has 40 heavy (non-hydrogen) atoms. The van der Waals surface area contributed by atoms with E-state index in [1.165, 1.54) is 9.80 Å². The number of amides is 1. The minimum atomic E-state index is -0.881. The number of nitrogens with one attached hydrogen (secondary N) is 1. The van der Waals surface area contributed by atoms with Crippen LogP contribution in [0, 0.1) is 0 Å². The molecule has 2 saturated heterocycles. The lowest BCUT2D eigenvalue weighted by Crippen LogP contribution is -3.14. The number of hydrogen-bond donors (Lipinski definition) is 1. The number of carbonyl (C=O) groups is 2. The third kappa shape index (κ3) is 5.64. The maximum atomic E-state index is 13.9. The van der Waals surface area contributed by atoms with E-state index in [-0.39, 0.29) is 17.7 Å². The van der Waals surface area contributed by atoms with Gasteiger partial charge in [-0.05, 0) is 42.3 Å². The first-order chi connectivity index (χ1) is 19.5. The average Bonchev–Trinajstić information content (AvgIpc) is 3.24. The smallest absolute Gasteiger partial charge is 0.295 e. The van der Waals surface area contributed by atoms with E-state index in [4.69, 9.17) is 23.7 Å². The molecule has 3 aliphatic rings. The predicted octanol–water partition coefficient (Wildman–Crippen LogP) is 0.560. The Bertz CT molecular complexity index is 1300. The molecular formula is C30H34N2O8. The number of hydrogen-bond acceptors (Lipinski definition) is 8. The van der Waals surface area contributed by atoms with Crippen molar-refractivity contribution in [1.29, 1.82) is 0 Å². The molecule has 0 aromatic heterocycles. The summed E-state index contributed by atoms with van der Waals surface area (Å²) in [6.07, 6.45) is 1.63. The first kappa shape index (κ1) is 27.5. The maximum Gasteiger partial charge on any atom is 0.295 e. The highest BCUT2D eigenvalue weighted by molar-refractivity contribution is 6.46. The fraction of sp³-hybridized carbons (Fsp3) is 0.400. The Kier molecular flexibility index (Phi) is 8.57. The predicted molar refractivity (Wildman–Crippen MR) is 143 cm³/mol. The second-order valence-electron chi connectivity index (χ2n) is 9.68. The second-order valence-corrected chi connectivity index (χ2v) is 9.68. The van der Waals surface area contributed by atoms with Crippen molar-refractivity contribution in [2.24, 2.45) is 0 Å². The zero-order chi connectivity index (χ0) is 28.1. The highest BCUT2D eigenvalue weighted by Crippen LogP contribution is 2.42. The van der Waals surface area contributed by atoms with Crippen molar-refractivity contribution in [3.63, 3.8) is 0 Å². The number of morpholine rings is 1. The molecule has 1 N–H and O–H groups in total. The fourth-order valence-corrected chi connectivity index (χ4v) is 5.21. The van der Waals surface area contributed by atoms with Crippen LogP contribution in [0.4, 0.5) is 0 Å². The number of rotatable bonds is 10. The van der Waals surface area contributed by atoms with Crippen LogP contribution in [0.5, 0.6) is 23.0 Å². The van der Waals surface area contributed by atoms with Crippen LogP contribution < -0.4 is 29.0 Å². The summed E-state index contributed by atoms with van der Waals surface area (Å²) in [5, 5.41) is 13.9. The minimum Gasteiger partial charge on any atom is -0.872 e. The number of carbonyl (C=O) groups excluding carboxylic acids is 2. The molecule has 5 rings (SSSR count). The fourth-order valence-electron chi connectivity index (χ4n) is 5.21. The normalized spacial score (nSPS) is 20.4. The number of Topliss-reactive ketones (excluding diaryl/α,β-unsaturated/α-hetero) is 1. The van der Waals surface area contributed by atoms with Gasteiger partial charge in [-0.25, -0.2) is 0 Å². The van der Waals surface area contributed by atoms with E-state index >= 15 is 0 Å². The molecular weight excluding hydrogens is 516 g/mol. The average molecular weight is 551 g/mol. The number of quaternary nitrogens is 1. The van der Waals surface area contributed by atoms with E-state index in [2.05, 4.69) is 6.58 Å². The molecule has 1 unspecified atom stereocenters. The molecule has 0 spiro atoms. The molecule has 1 atom stereocenters. The van der Waals surface area contributed by atoms with Crippen molar-refractivity contribution >= 4 is 17.4 Å². The molecule has 2 aromatic carbocycles. The summed E-state index contributed by atoms with van der Waals surface area (Å²) in [5.41, 5.74) is 0.745. The van der Waals surface area contributed by atoms with Gasteiger partial charge in [-0.2, -0.15) is 0 Å². The van der Waals surface area contributed by atoms with E-state index < -0.39 is 23.5 Å². The van der Waals surface area contributed by atoms with Crippen LogP contribution in [0.3, 0.4) is 0 Å². The molecule has 2 fully saturated rings. The molecule has 1 amide bonds. The largest absolute Gasteiger partial charge is 0.872 e. The van der Waals surface area contributed by atoms with Gasteiger partial charge in [-0.15, -0.1) is 0 Å². The van der Waals surface area contributed by atoms with Crippen LogP contribution in [-0.2, 0) is 14.3 Å². The molecule has 10 heteroatoms. The van der Waals surface area contributed by atoms with Gasteiger partial charge in [0.2, 0.25) is 5.78 Å². The topological polar surface area (TPSA) is 111 Å². The van der Waals surface area contributed by atoms with Crippen molar-refractivity contribution in [3.8, 4) is 23.0 Å². The van der Waals surface area contributed by atoms with Crippen LogP contribution in [0.15, 0.2) is 54.6 Å². The number of benzene rings is 2. The van der Waals surface area contributed by atoms with Crippen LogP contribution in [-0.4, -0.2) is 82.4 Å². The summed E-state index contributed by atoms with van der Waals surface area (Å²) < 4.78 is 28.3. The van der Waals surface area contributed by atoms with Crippen molar-refractivity contribution in [2.75, 3.05) is 65.8 Å². The zero-order valence-corrected chi connectivity index (χ0v) is 22.6. The molecule has 0 radical (unpaired) electrons. The Balaban J connectivity index is 1.56. The van der Waals surface area contributed by atoms with Crippen LogP contribution >= 0.6 is 0 Å². The zero-order valence-electron chi connectivity index (χ0n) is 22.6. The lowest BCUT2D eigenvalue weighted by Gasteiger charge is -2.30. The summed E-state index contributed by atoms with van der Waals surface area (Å²) >= 11 is 0. The van der Waals surface area contributed by atoms with Crippen molar-refractivity contribution in [3.05, 3.63) is 65.8 Å². The van der Waals surface area contributed by atoms with Gasteiger partial charge in [0.25, 0.3) is 5.91 Å². The molecule has 2 aromatic rings. The standard InChI is InChI=1S/C30H34N2O8/c1-3-13-38-22-7-5-20(18-24(22)37-4-2)27-26(28(33)21-6-8-23-25(19-21)40-17-16-39-23)29(34)30(35)32(27)10-9-31-11-14-36-15-12-31/h3,5-8,18-19,27,33H,1,4,9-17H2,2H3. The highest BCUT2D eigenvalue weighted by Gasteiger charge is 2.45. The second kappa shape index (κ2) is 12.4. The lowest BCUT2D eigenvalue weighted by atomic mass is 9.94. The summed E-state index contributed by atoms with van der Waals surface area (Å²) in [6, 6.07) is 9.17. The molecule has 3 aliphatic heterocycles. The number of nitrogens with zero attached hydrogens (tertiary/aromatic N) is 1. The van der Waals surface area contributed by atoms with Crippen LogP contribution in [0.1, 0.15) is 24.1 Å². The van der Waals surface area contributed by atoms with Crippen LogP contribution in [0.25, 0.3) is 5.76 Å². The Morgan fingerprint density at radius 1 is 1.05 bits per heavy atom. The first-order valence-electron chi connectivity index (χ1n) is 13.6. The lowest BCUT2D eigenvalue weighted by molar-refractivity contribution is -0.907. The van der Waals surface area contributed by atoms with Crippen molar-refractivity contribution in [1.82, 2.24) is 4.90 Å². The van der Waals surface area contributed by atoms with Gasteiger partial charge in [-0.3, -0.25) is 9.59 Å². The number of ether oxygens (including phenoxy) is 5. The first-order valence-corrected chi connectivity index (χ1v) is 13.6. The van der Waals surface area contributed by atoms with Gasteiger partial charge in [0.15, 0.2) is 23.0 Å². The van der Waals surface area contributed by atoms with Crippen LogP contribution in [0.2, 0.25) is 0 Å². The van der Waals surface area contributed by atoms with E-state index in [1.54, 1.807) is 42.5 Å². The van der Waals surface area contributed by atoms with Gasteiger partial charge >= 0.3 is 0 Å². The number of likely N-dealkylation sites (tertiary alicyclic amines) is 1. The monoisotopic (exact) mass is 550 g/mol. The summed E-state index contributed by atoms with van der Waals surface area (Å²) in [7, 11) is 0. The van der Waals surface area contributed by atoms with Crippen molar-refractivity contribution in [2.45, 2.75) is 13.0 Å². The van der Waals surface area contributed by atoms with E-state index in [0.717, 1.165) is 13.1 Å². The Morgan fingerprint density at radius 2 is 1.82 bits per heavy atom. The molecule has 212 valence electrons. The van der Waals surface area contributed by atoms with E-state index in [9.17, 15) is 14.7 Å². The summed E-state index contributed by atoms with van der Waals surface area (Å²) in [4.78, 5) is 29.7. The van der Waals surface area contributed by atoms with Gasteiger partial charge in [0, 0.05) is 5.57 Å². The number of ketones is 1. The third-order valence-electron chi connectivity index (χ3n) is 7.18. The van der Waals surface area contributed by atoms with Crippen molar-refractivity contribution < 1.29 is 43.3 Å². The van der Waals surface area contributed by atoms with Gasteiger partial charge in [-0.1, -0.05) is 30.5 Å². The maximum absolute atomic E-state index is 13.9. The molecule has 3 heterocycles. The SMILES string of the molecule is C=CCOc1ccc(C2C(=C([O-])c3ccc4c(c3)OCCO4)C(=O)C(=O)N2CC[NH+]2CCOCC2)cc1OCC. The minimum absolute atomic E-state index is 0.0964.